The molecule has 0 saturated heterocycles. The standard InChI is InChI=1S/C19H13Cl2F2N3/c1-19(22,23)17-5-4-11(9-24-17)18-15-3-2-6-26(15)16-8-12(20)7-14(21)13(16)10-25-18/h2-9H,10H2,1H3. The van der Waals surface area contributed by atoms with Crippen LogP contribution in [0.15, 0.2) is 53.8 Å². The highest BCUT2D eigenvalue weighted by Gasteiger charge is 2.26. The van der Waals surface area contributed by atoms with Crippen molar-refractivity contribution in [2.75, 3.05) is 0 Å². The Morgan fingerprint density at radius 2 is 1.96 bits per heavy atom. The molecule has 0 radical (unpaired) electrons. The molecule has 0 aliphatic carbocycles. The second-order valence-electron chi connectivity index (χ2n) is 6.13. The van der Waals surface area contributed by atoms with Gasteiger partial charge in [-0.2, -0.15) is 8.78 Å². The lowest BCUT2D eigenvalue weighted by atomic mass is 10.1. The summed E-state index contributed by atoms with van der Waals surface area (Å²) in [6.07, 6.45) is 3.32. The highest BCUT2D eigenvalue weighted by molar-refractivity contribution is 6.35. The molecule has 7 heteroatoms. The zero-order valence-corrected chi connectivity index (χ0v) is 15.2. The largest absolute Gasteiger partial charge is 0.315 e. The summed E-state index contributed by atoms with van der Waals surface area (Å²) in [5.74, 6) is -2.98. The van der Waals surface area contributed by atoms with Crippen LogP contribution in [0, 0.1) is 0 Å². The number of hydrogen-bond acceptors (Lipinski definition) is 2. The van der Waals surface area contributed by atoms with Crippen molar-refractivity contribution < 1.29 is 8.78 Å². The Balaban J connectivity index is 1.85. The first kappa shape index (κ1) is 17.2. The lowest BCUT2D eigenvalue weighted by molar-refractivity contribution is 0.0127. The summed E-state index contributed by atoms with van der Waals surface area (Å²) in [6, 6.07) is 10.3. The first-order valence-electron chi connectivity index (χ1n) is 7.90. The van der Waals surface area contributed by atoms with Crippen LogP contribution in [-0.4, -0.2) is 15.3 Å². The predicted molar refractivity (Wildman–Crippen MR) is 98.9 cm³/mol. The van der Waals surface area contributed by atoms with E-state index in [1.54, 1.807) is 12.1 Å². The first-order valence-corrected chi connectivity index (χ1v) is 8.65. The Morgan fingerprint density at radius 3 is 2.65 bits per heavy atom. The van der Waals surface area contributed by atoms with Gasteiger partial charge in [0.1, 0.15) is 5.69 Å². The summed E-state index contributed by atoms with van der Waals surface area (Å²) in [6.45, 7) is 1.18. The van der Waals surface area contributed by atoms with Crippen LogP contribution in [0.2, 0.25) is 10.0 Å². The van der Waals surface area contributed by atoms with Crippen LogP contribution in [0.5, 0.6) is 0 Å². The van der Waals surface area contributed by atoms with Crippen molar-refractivity contribution in [2.45, 2.75) is 19.4 Å². The SMILES string of the molecule is CC(F)(F)c1ccc(C2=NCc3c(Cl)cc(Cl)cc3-n3cccc32)cn1. The molecule has 4 rings (SSSR count). The molecular formula is C19H13Cl2F2N3. The monoisotopic (exact) mass is 391 g/mol. The number of aliphatic imine (C=N–C) groups is 1. The number of halogens is 4. The van der Waals surface area contributed by atoms with Crippen molar-refractivity contribution in [3.63, 3.8) is 0 Å². The van der Waals surface area contributed by atoms with Crippen molar-refractivity contribution in [2.24, 2.45) is 4.99 Å². The highest BCUT2D eigenvalue weighted by atomic mass is 35.5. The third-order valence-electron chi connectivity index (χ3n) is 4.27. The highest BCUT2D eigenvalue weighted by Crippen LogP contribution is 2.33. The maximum absolute atomic E-state index is 13.4. The molecule has 0 fully saturated rings. The van der Waals surface area contributed by atoms with E-state index in [4.69, 9.17) is 23.2 Å². The van der Waals surface area contributed by atoms with Crippen LogP contribution in [0.3, 0.4) is 0 Å². The molecule has 26 heavy (non-hydrogen) atoms. The molecule has 1 aliphatic heterocycles. The zero-order chi connectivity index (χ0) is 18.5. The number of fused-ring (bicyclic) bond motifs is 3. The first-order chi connectivity index (χ1) is 12.3. The Hall–Kier alpha value is -2.24. The average Bonchev–Trinajstić information content (AvgIpc) is 2.99. The summed E-state index contributed by atoms with van der Waals surface area (Å²) in [4.78, 5) is 8.58. The van der Waals surface area contributed by atoms with Gasteiger partial charge in [-0.15, -0.1) is 0 Å². The quantitative estimate of drug-likeness (QED) is 0.555. The summed E-state index contributed by atoms with van der Waals surface area (Å²) in [5, 5.41) is 1.07. The number of pyridine rings is 1. The van der Waals surface area contributed by atoms with Gasteiger partial charge in [0, 0.05) is 40.5 Å². The smallest absolute Gasteiger partial charge is 0.286 e. The Morgan fingerprint density at radius 1 is 1.15 bits per heavy atom. The molecule has 3 nitrogen and oxygen atoms in total. The molecule has 0 bridgehead atoms. The fourth-order valence-electron chi connectivity index (χ4n) is 3.02. The van der Waals surface area contributed by atoms with Crippen molar-refractivity contribution in [1.29, 1.82) is 0 Å². The normalized spacial score (nSPS) is 13.7. The third kappa shape index (κ3) is 2.91. The van der Waals surface area contributed by atoms with E-state index in [1.807, 2.05) is 29.0 Å². The van der Waals surface area contributed by atoms with Gasteiger partial charge in [0.2, 0.25) is 0 Å². The molecule has 0 spiro atoms. The molecule has 0 atom stereocenters. The zero-order valence-electron chi connectivity index (χ0n) is 13.7. The topological polar surface area (TPSA) is 30.2 Å². The van der Waals surface area contributed by atoms with E-state index >= 15 is 0 Å². The lowest BCUT2D eigenvalue weighted by Crippen LogP contribution is -2.12. The molecule has 3 heterocycles. The molecule has 132 valence electrons. The summed E-state index contributed by atoms with van der Waals surface area (Å²) in [7, 11) is 0. The maximum atomic E-state index is 13.4. The number of hydrogen-bond donors (Lipinski definition) is 0. The van der Waals surface area contributed by atoms with Crippen molar-refractivity contribution in [1.82, 2.24) is 9.55 Å². The predicted octanol–water partition coefficient (Wildman–Crippen LogP) is 5.64. The van der Waals surface area contributed by atoms with E-state index in [0.29, 0.717) is 27.9 Å². The fraction of sp³-hybridized carbons (Fsp3) is 0.158. The van der Waals surface area contributed by atoms with E-state index in [1.165, 1.54) is 12.3 Å². The van der Waals surface area contributed by atoms with Crippen LogP contribution in [0.25, 0.3) is 5.69 Å². The minimum Gasteiger partial charge on any atom is -0.315 e. The van der Waals surface area contributed by atoms with Gasteiger partial charge in [-0.05, 0) is 36.4 Å². The molecule has 1 aliphatic rings. The Bertz CT molecular complexity index is 1020. The van der Waals surface area contributed by atoms with Gasteiger partial charge in [0.05, 0.1) is 23.6 Å². The average molecular weight is 392 g/mol. The van der Waals surface area contributed by atoms with E-state index in [-0.39, 0.29) is 5.69 Å². The molecule has 0 N–H and O–H groups in total. The third-order valence-corrected chi connectivity index (χ3v) is 4.83. The maximum Gasteiger partial charge on any atom is 0.286 e. The molecule has 3 aromatic rings. The van der Waals surface area contributed by atoms with Gasteiger partial charge in [-0.3, -0.25) is 9.98 Å². The van der Waals surface area contributed by atoms with Crippen LogP contribution >= 0.6 is 23.2 Å². The minimum atomic E-state index is -2.98. The summed E-state index contributed by atoms with van der Waals surface area (Å²) >= 11 is 12.5. The molecule has 0 unspecified atom stereocenters. The minimum absolute atomic E-state index is 0.274. The number of benzene rings is 1. The second kappa shape index (κ2) is 6.18. The van der Waals surface area contributed by atoms with E-state index in [9.17, 15) is 8.78 Å². The number of alkyl halides is 2. The van der Waals surface area contributed by atoms with Crippen LogP contribution in [0.1, 0.15) is 29.4 Å². The van der Waals surface area contributed by atoms with Crippen LogP contribution in [0.4, 0.5) is 8.78 Å². The Kier molecular flexibility index (Phi) is 4.09. The molecule has 2 aromatic heterocycles. The Labute approximate surface area is 158 Å². The lowest BCUT2D eigenvalue weighted by Gasteiger charge is -2.13. The molecular weight excluding hydrogens is 379 g/mol. The van der Waals surface area contributed by atoms with E-state index in [0.717, 1.165) is 23.9 Å². The number of rotatable bonds is 2. The van der Waals surface area contributed by atoms with Crippen molar-refractivity contribution >= 4 is 28.9 Å². The van der Waals surface area contributed by atoms with Crippen molar-refractivity contribution in [3.8, 4) is 5.69 Å². The van der Waals surface area contributed by atoms with Crippen LogP contribution in [-0.2, 0) is 12.5 Å². The van der Waals surface area contributed by atoms with Gasteiger partial charge in [-0.25, -0.2) is 0 Å². The van der Waals surface area contributed by atoms with E-state index < -0.39 is 5.92 Å². The molecule has 0 saturated carbocycles. The molecule has 1 aromatic carbocycles. The van der Waals surface area contributed by atoms with Gasteiger partial charge in [-0.1, -0.05) is 23.2 Å². The van der Waals surface area contributed by atoms with Gasteiger partial charge < -0.3 is 4.57 Å². The molecule has 0 amide bonds. The number of nitrogens with zero attached hydrogens (tertiary/aromatic N) is 3. The summed E-state index contributed by atoms with van der Waals surface area (Å²) in [5.41, 5.74) is 3.58. The van der Waals surface area contributed by atoms with E-state index in [2.05, 4.69) is 9.98 Å². The van der Waals surface area contributed by atoms with Gasteiger partial charge in [0.15, 0.2) is 0 Å². The number of aromatic nitrogens is 2. The van der Waals surface area contributed by atoms with Crippen molar-refractivity contribution in [3.05, 3.63) is 81.4 Å². The fourth-order valence-corrected chi connectivity index (χ4v) is 3.56. The second-order valence-corrected chi connectivity index (χ2v) is 6.98. The summed E-state index contributed by atoms with van der Waals surface area (Å²) < 4.78 is 28.8. The van der Waals surface area contributed by atoms with Gasteiger partial charge in [0.25, 0.3) is 5.92 Å². The van der Waals surface area contributed by atoms with Gasteiger partial charge >= 0.3 is 0 Å². The van der Waals surface area contributed by atoms with Crippen LogP contribution < -0.4 is 0 Å².